The first kappa shape index (κ1) is 32.3. The maximum Gasteiger partial charge on any atom is 0.322 e. The van der Waals surface area contributed by atoms with Crippen molar-refractivity contribution in [2.45, 2.75) is 72.9 Å². The highest BCUT2D eigenvalue weighted by molar-refractivity contribution is 5.95. The third-order valence-electron chi connectivity index (χ3n) is 8.91. The molecule has 8 nitrogen and oxygen atoms in total. The molecule has 8 heteroatoms. The molecule has 2 atom stereocenters. The first-order valence-corrected chi connectivity index (χ1v) is 15.9. The molecule has 5 N–H and O–H groups in total. The van der Waals surface area contributed by atoms with Gasteiger partial charge in [-0.25, -0.2) is 5.43 Å². The Labute approximate surface area is 265 Å². The number of nitrogens with two attached hydrogens (primary N) is 1. The Hall–Kier alpha value is -4.14. The van der Waals surface area contributed by atoms with Gasteiger partial charge in [0.15, 0.2) is 0 Å². The van der Waals surface area contributed by atoms with Gasteiger partial charge in [-0.1, -0.05) is 62.7 Å². The summed E-state index contributed by atoms with van der Waals surface area (Å²) in [6, 6.07) is 20.3. The largest absolute Gasteiger partial charge is 0.480 e. The van der Waals surface area contributed by atoms with Gasteiger partial charge in [0.05, 0.1) is 5.69 Å². The van der Waals surface area contributed by atoms with Gasteiger partial charge in [0.1, 0.15) is 6.04 Å². The van der Waals surface area contributed by atoms with E-state index in [1.165, 1.54) is 10.6 Å². The maximum absolute atomic E-state index is 13.3. The zero-order valence-electron chi connectivity index (χ0n) is 27.1. The van der Waals surface area contributed by atoms with Crippen LogP contribution in [0.2, 0.25) is 0 Å². The molecule has 2 heterocycles. The minimum Gasteiger partial charge on any atom is -0.480 e. The van der Waals surface area contributed by atoms with Crippen LogP contribution in [0.25, 0.3) is 33.3 Å². The summed E-state index contributed by atoms with van der Waals surface area (Å²) >= 11 is 0. The third kappa shape index (κ3) is 6.92. The minimum absolute atomic E-state index is 0.0733. The summed E-state index contributed by atoms with van der Waals surface area (Å²) in [5.74, 6) is -1.33. The summed E-state index contributed by atoms with van der Waals surface area (Å²) in [6.45, 7) is 11.7. The summed E-state index contributed by atoms with van der Waals surface area (Å²) < 4.78 is 2.34. The molecule has 3 aromatic carbocycles. The van der Waals surface area contributed by atoms with Gasteiger partial charge in [-0.3, -0.25) is 14.6 Å². The highest BCUT2D eigenvalue weighted by Crippen LogP contribution is 2.40. The van der Waals surface area contributed by atoms with Crippen LogP contribution in [0.15, 0.2) is 60.7 Å². The lowest BCUT2D eigenvalue weighted by atomic mass is 9.84. The number of rotatable bonds is 10. The van der Waals surface area contributed by atoms with E-state index < -0.39 is 12.0 Å². The molecule has 0 bridgehead atoms. The van der Waals surface area contributed by atoms with Gasteiger partial charge in [0, 0.05) is 47.8 Å². The van der Waals surface area contributed by atoms with Crippen LogP contribution < -0.4 is 11.2 Å². The molecule has 0 unspecified atom stereocenters. The van der Waals surface area contributed by atoms with Gasteiger partial charge in [0.2, 0.25) is 5.91 Å². The van der Waals surface area contributed by atoms with Crippen molar-refractivity contribution in [3.05, 3.63) is 77.4 Å². The zero-order valence-corrected chi connectivity index (χ0v) is 27.1. The van der Waals surface area contributed by atoms with E-state index in [2.05, 4.69) is 80.2 Å². The van der Waals surface area contributed by atoms with Gasteiger partial charge >= 0.3 is 5.97 Å². The van der Waals surface area contributed by atoms with Gasteiger partial charge in [-0.15, -0.1) is 0 Å². The second-order valence-corrected chi connectivity index (χ2v) is 13.4. The Morgan fingerprint density at radius 1 is 1.07 bits per heavy atom. The van der Waals surface area contributed by atoms with Crippen molar-refractivity contribution in [2.75, 3.05) is 18.9 Å². The standard InChI is InChI=1S/C37H46N4O4/c1-6-40-33-13-12-26(20-30(33)31(21-37(4,5)22-42)34(40)27-9-7-10-29(38)19-27)28-16-23(2)15-25(18-28)17-24(3)35(43)41-14-8-11-32(39-41)36(44)45/h7,9-10,12-13,15-16,18-20,24,32,39,42H,6,8,11,14,17,21-22,38H2,1-5H3,(H,44,45)/t24-,32-/m0/s1. The highest BCUT2D eigenvalue weighted by atomic mass is 16.4. The van der Waals surface area contributed by atoms with Crippen LogP contribution in [-0.4, -0.2) is 50.9 Å². The number of benzene rings is 3. The number of aromatic nitrogens is 1. The molecule has 4 aromatic rings. The first-order valence-electron chi connectivity index (χ1n) is 15.9. The van der Waals surface area contributed by atoms with Crippen molar-refractivity contribution in [2.24, 2.45) is 11.3 Å². The summed E-state index contributed by atoms with van der Waals surface area (Å²) in [4.78, 5) is 24.8. The topological polar surface area (TPSA) is 121 Å². The van der Waals surface area contributed by atoms with Gasteiger partial charge in [-0.2, -0.15) is 0 Å². The van der Waals surface area contributed by atoms with Crippen molar-refractivity contribution in [3.63, 3.8) is 0 Å². The van der Waals surface area contributed by atoms with Gasteiger partial charge in [0.25, 0.3) is 0 Å². The molecule has 0 spiro atoms. The van der Waals surface area contributed by atoms with E-state index in [9.17, 15) is 19.8 Å². The Balaban J connectivity index is 1.52. The fourth-order valence-electron chi connectivity index (χ4n) is 6.64. The van der Waals surface area contributed by atoms with E-state index in [0.29, 0.717) is 37.9 Å². The molecule has 1 amide bonds. The lowest BCUT2D eigenvalue weighted by Gasteiger charge is -2.33. The molecule has 1 aromatic heterocycles. The zero-order chi connectivity index (χ0) is 32.5. The van der Waals surface area contributed by atoms with Crippen molar-refractivity contribution < 1.29 is 19.8 Å². The number of hydrazine groups is 1. The number of aliphatic carboxylic acids is 1. The van der Waals surface area contributed by atoms with Crippen LogP contribution in [0.1, 0.15) is 57.2 Å². The number of carbonyl (C=O) groups excluding carboxylic acids is 1. The number of anilines is 1. The number of hydrogen-bond donors (Lipinski definition) is 4. The van der Waals surface area contributed by atoms with Crippen LogP contribution in [0, 0.1) is 18.3 Å². The number of nitrogen functional groups attached to an aromatic ring is 1. The third-order valence-corrected chi connectivity index (χ3v) is 8.91. The number of amides is 1. The smallest absolute Gasteiger partial charge is 0.322 e. The number of nitrogens with zero attached hydrogens (tertiary/aromatic N) is 2. The molecule has 0 radical (unpaired) electrons. The van der Waals surface area contributed by atoms with Crippen LogP contribution in [-0.2, 0) is 29.0 Å². The fourth-order valence-corrected chi connectivity index (χ4v) is 6.64. The number of carbonyl (C=O) groups is 2. The number of carboxylic acids is 1. The molecule has 1 fully saturated rings. The quantitative estimate of drug-likeness (QED) is 0.159. The van der Waals surface area contributed by atoms with Gasteiger partial charge < -0.3 is 20.5 Å². The van der Waals surface area contributed by atoms with Crippen molar-refractivity contribution in [1.29, 1.82) is 0 Å². The number of carboxylic acid groups (broad SMARTS) is 1. The summed E-state index contributed by atoms with van der Waals surface area (Å²) in [5.41, 5.74) is 18.4. The van der Waals surface area contributed by atoms with Crippen LogP contribution in [0.3, 0.4) is 0 Å². The summed E-state index contributed by atoms with van der Waals surface area (Å²) in [7, 11) is 0. The molecular formula is C37H46N4O4. The van der Waals surface area contributed by atoms with E-state index in [4.69, 9.17) is 5.73 Å². The molecule has 45 heavy (non-hydrogen) atoms. The minimum atomic E-state index is -0.933. The predicted molar refractivity (Wildman–Crippen MR) is 181 cm³/mol. The lowest BCUT2D eigenvalue weighted by Crippen LogP contribution is -2.56. The first-order chi connectivity index (χ1) is 21.4. The van der Waals surface area contributed by atoms with E-state index in [1.807, 2.05) is 25.1 Å². The Morgan fingerprint density at radius 3 is 2.53 bits per heavy atom. The Bertz CT molecular complexity index is 1720. The van der Waals surface area contributed by atoms with Crippen molar-refractivity contribution in [3.8, 4) is 22.4 Å². The predicted octanol–water partition coefficient (Wildman–Crippen LogP) is 6.21. The number of nitrogens with one attached hydrogen (secondary N) is 1. The van der Waals surface area contributed by atoms with Crippen molar-refractivity contribution >= 4 is 28.5 Å². The molecule has 1 saturated heterocycles. The Kier molecular flexibility index (Phi) is 9.37. The van der Waals surface area contributed by atoms with E-state index in [-0.39, 0.29) is 23.8 Å². The van der Waals surface area contributed by atoms with Gasteiger partial charge in [-0.05, 0) is 91.5 Å². The Morgan fingerprint density at radius 2 is 1.84 bits per heavy atom. The number of hydrogen-bond acceptors (Lipinski definition) is 5. The highest BCUT2D eigenvalue weighted by Gasteiger charge is 2.30. The number of aliphatic hydroxyl groups is 1. The second kappa shape index (κ2) is 13.1. The average molecular weight is 611 g/mol. The SMILES string of the molecule is CCn1c(-c2cccc(N)c2)c(CC(C)(C)CO)c2cc(-c3cc(C)cc(C[C@H](C)C(=O)N4CCC[C@@H](C(=O)O)N4)c3)ccc21. The monoisotopic (exact) mass is 610 g/mol. The van der Waals surface area contributed by atoms with Crippen LogP contribution in [0.5, 0.6) is 0 Å². The van der Waals surface area contributed by atoms with E-state index >= 15 is 0 Å². The molecule has 1 aliphatic rings. The second-order valence-electron chi connectivity index (χ2n) is 13.4. The van der Waals surface area contributed by atoms with Crippen molar-refractivity contribution in [1.82, 2.24) is 15.0 Å². The molecule has 1 aliphatic heterocycles. The maximum atomic E-state index is 13.3. The van der Waals surface area contributed by atoms with E-state index in [1.54, 1.807) is 0 Å². The fraction of sp³-hybridized carbons (Fsp3) is 0.405. The van der Waals surface area contributed by atoms with Crippen LogP contribution in [0.4, 0.5) is 5.69 Å². The van der Waals surface area contributed by atoms with Crippen LogP contribution >= 0.6 is 0 Å². The number of aryl methyl sites for hydroxylation is 2. The number of fused-ring (bicyclic) bond motifs is 1. The van der Waals surface area contributed by atoms with E-state index in [0.717, 1.165) is 51.0 Å². The average Bonchev–Trinajstić information content (AvgIpc) is 3.32. The summed E-state index contributed by atoms with van der Waals surface area (Å²) in [5, 5.41) is 22.3. The number of aliphatic hydroxyl groups excluding tert-OH is 1. The molecule has 0 saturated carbocycles. The summed E-state index contributed by atoms with van der Waals surface area (Å²) in [6.07, 6.45) is 2.43. The molecule has 5 rings (SSSR count). The molecule has 238 valence electrons. The normalized spacial score (nSPS) is 16.2. The lowest BCUT2D eigenvalue weighted by molar-refractivity contribution is -0.148. The molecular weight excluding hydrogens is 564 g/mol. The molecule has 0 aliphatic carbocycles.